The van der Waals surface area contributed by atoms with Gasteiger partial charge in [-0.1, -0.05) is 18.2 Å². The number of sulfonamides is 1. The van der Waals surface area contributed by atoms with Crippen LogP contribution in [-0.4, -0.2) is 55.0 Å². The Morgan fingerprint density at radius 2 is 2.12 bits per heavy atom. The first-order valence-electron chi connectivity index (χ1n) is 8.27. The summed E-state index contributed by atoms with van der Waals surface area (Å²) in [5, 5.41) is 4.25. The minimum absolute atomic E-state index is 0.0643. The van der Waals surface area contributed by atoms with E-state index in [0.717, 1.165) is 17.5 Å². The second-order valence-electron chi connectivity index (χ2n) is 6.37. The molecule has 1 aromatic carbocycles. The molecular weight excluding hydrogens is 356 g/mol. The van der Waals surface area contributed by atoms with Gasteiger partial charge in [0, 0.05) is 19.3 Å². The van der Waals surface area contributed by atoms with Crippen molar-refractivity contribution in [3.8, 4) is 5.75 Å². The number of carbonyl (C=O) groups excluding carboxylic acids is 1. The van der Waals surface area contributed by atoms with E-state index in [4.69, 9.17) is 4.74 Å². The Labute approximate surface area is 152 Å². The van der Waals surface area contributed by atoms with Gasteiger partial charge in [-0.2, -0.15) is 5.10 Å². The maximum Gasteiger partial charge on any atom is 0.260 e. The monoisotopic (exact) mass is 378 g/mol. The molecule has 2 aromatic rings. The summed E-state index contributed by atoms with van der Waals surface area (Å²) in [6, 6.07) is 9.09. The van der Waals surface area contributed by atoms with Crippen LogP contribution in [0.25, 0.3) is 0 Å². The topological polar surface area (TPSA) is 93.5 Å². The third-order valence-electron chi connectivity index (χ3n) is 4.26. The summed E-state index contributed by atoms with van der Waals surface area (Å²) in [7, 11) is -3.32. The van der Waals surface area contributed by atoms with Gasteiger partial charge in [0.1, 0.15) is 5.75 Å². The molecule has 0 fully saturated rings. The number of nitrogens with one attached hydrogen (secondary N) is 1. The molecule has 0 unspecified atom stereocenters. The van der Waals surface area contributed by atoms with Crippen LogP contribution < -0.4 is 9.46 Å². The Kier molecular flexibility index (Phi) is 5.28. The molecule has 140 valence electrons. The lowest BCUT2D eigenvalue weighted by Crippen LogP contribution is -2.46. The van der Waals surface area contributed by atoms with Crippen molar-refractivity contribution in [2.75, 3.05) is 26.0 Å². The number of rotatable bonds is 6. The Morgan fingerprint density at radius 1 is 1.35 bits per heavy atom. The number of nitrogens with zero attached hydrogens (tertiary/aromatic N) is 3. The van der Waals surface area contributed by atoms with Crippen LogP contribution in [0.4, 0.5) is 0 Å². The molecule has 1 amide bonds. The van der Waals surface area contributed by atoms with Gasteiger partial charge < -0.3 is 9.64 Å². The fourth-order valence-corrected chi connectivity index (χ4v) is 3.42. The fraction of sp³-hybridized carbons (Fsp3) is 0.412. The van der Waals surface area contributed by atoms with Gasteiger partial charge in [-0.15, -0.1) is 0 Å². The van der Waals surface area contributed by atoms with Gasteiger partial charge in [0.25, 0.3) is 5.91 Å². The van der Waals surface area contributed by atoms with Crippen molar-refractivity contribution < 1.29 is 17.9 Å². The number of fused-ring (bicyclic) bond motifs is 1. The third kappa shape index (κ3) is 4.41. The van der Waals surface area contributed by atoms with Crippen molar-refractivity contribution in [2.24, 2.45) is 0 Å². The van der Waals surface area contributed by atoms with Crippen LogP contribution in [0.2, 0.25) is 0 Å². The Hall–Kier alpha value is -2.39. The minimum atomic E-state index is -3.32. The lowest BCUT2D eigenvalue weighted by Gasteiger charge is -2.33. The van der Waals surface area contributed by atoms with E-state index in [2.05, 4.69) is 9.82 Å². The van der Waals surface area contributed by atoms with Crippen molar-refractivity contribution in [1.82, 2.24) is 19.4 Å². The predicted molar refractivity (Wildman–Crippen MR) is 96.2 cm³/mol. The van der Waals surface area contributed by atoms with Gasteiger partial charge in [0.2, 0.25) is 10.0 Å². The maximum absolute atomic E-state index is 12.6. The minimum Gasteiger partial charge on any atom is -0.484 e. The smallest absolute Gasteiger partial charge is 0.260 e. The van der Waals surface area contributed by atoms with Gasteiger partial charge in [0.15, 0.2) is 6.61 Å². The van der Waals surface area contributed by atoms with Gasteiger partial charge in [-0.3, -0.25) is 9.48 Å². The fourth-order valence-electron chi connectivity index (χ4n) is 2.93. The largest absolute Gasteiger partial charge is 0.484 e. The van der Waals surface area contributed by atoms with Crippen LogP contribution in [0.5, 0.6) is 5.75 Å². The van der Waals surface area contributed by atoms with Crippen molar-refractivity contribution >= 4 is 15.9 Å². The molecule has 1 aliphatic rings. The molecule has 26 heavy (non-hydrogen) atoms. The normalized spacial score (nSPS) is 17.0. The number of ether oxygens (including phenoxy) is 1. The zero-order valence-electron chi connectivity index (χ0n) is 14.8. The molecule has 0 spiro atoms. The molecule has 0 radical (unpaired) electrons. The highest BCUT2D eigenvalue weighted by Crippen LogP contribution is 2.21. The summed E-state index contributed by atoms with van der Waals surface area (Å²) >= 11 is 0. The highest BCUT2D eigenvalue weighted by Gasteiger charge is 2.29. The maximum atomic E-state index is 12.6. The SMILES string of the molecule is Cc1ccccc1OCC(=O)N1Cc2ccnn2[C@@H](CNS(C)(=O)=O)C1. The number of aromatic nitrogens is 2. The van der Waals surface area contributed by atoms with E-state index in [1.165, 1.54) is 0 Å². The molecule has 0 saturated carbocycles. The summed E-state index contributed by atoms with van der Waals surface area (Å²) in [4.78, 5) is 14.3. The van der Waals surface area contributed by atoms with Crippen LogP contribution in [0.1, 0.15) is 17.3 Å². The lowest BCUT2D eigenvalue weighted by atomic mass is 10.2. The van der Waals surface area contributed by atoms with Crippen molar-refractivity contribution in [1.29, 1.82) is 0 Å². The number of aryl methyl sites for hydroxylation is 1. The number of amides is 1. The first kappa shape index (κ1) is 18.4. The van der Waals surface area contributed by atoms with E-state index in [1.807, 2.05) is 37.3 Å². The summed E-state index contributed by atoms with van der Waals surface area (Å²) in [5.41, 5.74) is 1.83. The zero-order valence-corrected chi connectivity index (χ0v) is 15.6. The van der Waals surface area contributed by atoms with Gasteiger partial charge >= 0.3 is 0 Å². The van der Waals surface area contributed by atoms with E-state index >= 15 is 0 Å². The molecular formula is C17H22N4O4S. The van der Waals surface area contributed by atoms with E-state index in [-0.39, 0.29) is 25.1 Å². The quantitative estimate of drug-likeness (QED) is 0.799. The van der Waals surface area contributed by atoms with Crippen molar-refractivity contribution in [3.05, 3.63) is 47.8 Å². The number of carbonyl (C=O) groups is 1. The van der Waals surface area contributed by atoms with Crippen molar-refractivity contribution in [2.45, 2.75) is 19.5 Å². The third-order valence-corrected chi connectivity index (χ3v) is 4.95. The summed E-state index contributed by atoms with van der Waals surface area (Å²) in [5.74, 6) is 0.531. The molecule has 1 atom stereocenters. The second-order valence-corrected chi connectivity index (χ2v) is 8.20. The average molecular weight is 378 g/mol. The molecule has 1 N–H and O–H groups in total. The molecule has 3 rings (SSSR count). The van der Waals surface area contributed by atoms with E-state index in [0.29, 0.717) is 18.8 Å². The first-order chi connectivity index (χ1) is 12.3. The average Bonchev–Trinajstić information content (AvgIpc) is 3.06. The Bertz CT molecular complexity index is 894. The highest BCUT2D eigenvalue weighted by atomic mass is 32.2. The Balaban J connectivity index is 1.66. The molecule has 8 nitrogen and oxygen atoms in total. The van der Waals surface area contributed by atoms with Gasteiger partial charge in [0.05, 0.1) is 24.5 Å². The highest BCUT2D eigenvalue weighted by molar-refractivity contribution is 7.88. The van der Waals surface area contributed by atoms with Crippen LogP contribution in [0, 0.1) is 6.92 Å². The number of hydrogen-bond acceptors (Lipinski definition) is 5. The molecule has 0 saturated heterocycles. The molecule has 9 heteroatoms. The number of benzene rings is 1. The first-order valence-corrected chi connectivity index (χ1v) is 10.2. The molecule has 0 bridgehead atoms. The molecule has 1 aliphatic heterocycles. The Morgan fingerprint density at radius 3 is 2.85 bits per heavy atom. The van der Waals surface area contributed by atoms with E-state index in [1.54, 1.807) is 15.8 Å². The lowest BCUT2D eigenvalue weighted by molar-refractivity contribution is -0.135. The second kappa shape index (κ2) is 7.46. The number of para-hydroxylation sites is 1. The predicted octanol–water partition coefficient (Wildman–Crippen LogP) is 0.703. The number of hydrogen-bond donors (Lipinski definition) is 1. The summed E-state index contributed by atoms with van der Waals surface area (Å²) in [6.07, 6.45) is 2.76. The molecule has 1 aromatic heterocycles. The standard InChI is InChI=1S/C17H22N4O4S/c1-13-5-3-4-6-16(13)25-12-17(22)20-10-14-7-8-18-21(14)15(11-20)9-19-26(2,23)24/h3-8,15,19H,9-12H2,1-2H3/t15-/m0/s1. The van der Waals surface area contributed by atoms with Crippen LogP contribution in [0.3, 0.4) is 0 Å². The summed E-state index contributed by atoms with van der Waals surface area (Å²) in [6.45, 7) is 2.83. The zero-order chi connectivity index (χ0) is 18.7. The van der Waals surface area contributed by atoms with Crippen LogP contribution in [0.15, 0.2) is 36.5 Å². The molecule has 2 heterocycles. The molecule has 0 aliphatic carbocycles. The van der Waals surface area contributed by atoms with E-state index in [9.17, 15) is 13.2 Å². The van der Waals surface area contributed by atoms with Crippen LogP contribution >= 0.6 is 0 Å². The van der Waals surface area contributed by atoms with E-state index < -0.39 is 10.0 Å². The summed E-state index contributed by atoms with van der Waals surface area (Å²) < 4.78 is 32.7. The van der Waals surface area contributed by atoms with Crippen LogP contribution in [-0.2, 0) is 21.4 Å². The van der Waals surface area contributed by atoms with Crippen molar-refractivity contribution in [3.63, 3.8) is 0 Å². The van der Waals surface area contributed by atoms with Gasteiger partial charge in [-0.25, -0.2) is 13.1 Å². The van der Waals surface area contributed by atoms with Gasteiger partial charge in [-0.05, 0) is 24.6 Å².